The molecule has 7 heteroatoms. The van der Waals surface area contributed by atoms with Crippen LogP contribution in [-0.4, -0.2) is 25.5 Å². The summed E-state index contributed by atoms with van der Waals surface area (Å²) in [6, 6.07) is 9.26. The Balaban J connectivity index is 1.95. The van der Waals surface area contributed by atoms with Crippen LogP contribution in [0.2, 0.25) is 4.34 Å². The van der Waals surface area contributed by atoms with Gasteiger partial charge in [-0.1, -0.05) is 29.8 Å². The van der Waals surface area contributed by atoms with E-state index < -0.39 is 11.8 Å². The first-order valence-corrected chi connectivity index (χ1v) is 8.55. The molecule has 0 aliphatic carbocycles. The van der Waals surface area contributed by atoms with E-state index in [-0.39, 0.29) is 12.6 Å². The normalized spacial score (nSPS) is 11.8. The fourth-order valence-corrected chi connectivity index (χ4v) is 3.39. The number of thiophene rings is 1. The summed E-state index contributed by atoms with van der Waals surface area (Å²) in [6.45, 7) is 3.94. The number of methoxy groups -OCH3 is 1. The molecule has 1 heterocycles. The predicted molar refractivity (Wildman–Crippen MR) is 96.6 cm³/mol. The van der Waals surface area contributed by atoms with Crippen LogP contribution >= 0.6 is 22.9 Å². The Morgan fingerprint density at radius 3 is 2.38 bits per heavy atom. The van der Waals surface area contributed by atoms with E-state index >= 15 is 0 Å². The number of amides is 2. The Kier molecular flexibility index (Phi) is 6.36. The molecule has 2 N–H and O–H groups in total. The van der Waals surface area contributed by atoms with Gasteiger partial charge in [0, 0.05) is 24.2 Å². The van der Waals surface area contributed by atoms with E-state index in [1.54, 1.807) is 13.2 Å². The molecule has 5 nitrogen and oxygen atoms in total. The number of ether oxygens (including phenoxy) is 1. The first-order chi connectivity index (χ1) is 11.4. The van der Waals surface area contributed by atoms with Crippen molar-refractivity contribution < 1.29 is 14.3 Å². The number of aryl methyl sites for hydroxylation is 2. The molecule has 2 amide bonds. The van der Waals surface area contributed by atoms with Gasteiger partial charge in [-0.2, -0.15) is 0 Å². The Morgan fingerprint density at radius 1 is 1.17 bits per heavy atom. The van der Waals surface area contributed by atoms with Gasteiger partial charge in [0.15, 0.2) is 0 Å². The summed E-state index contributed by atoms with van der Waals surface area (Å²) in [7, 11) is 1.54. The first kappa shape index (κ1) is 18.4. The number of para-hydroxylation sites is 1. The van der Waals surface area contributed by atoms with Gasteiger partial charge in [0.25, 0.3) is 0 Å². The molecule has 0 radical (unpaired) electrons. The van der Waals surface area contributed by atoms with Crippen molar-refractivity contribution >= 4 is 40.4 Å². The smallest absolute Gasteiger partial charge is 0.313 e. The van der Waals surface area contributed by atoms with Crippen molar-refractivity contribution in [3.63, 3.8) is 0 Å². The fourth-order valence-electron chi connectivity index (χ4n) is 2.25. The minimum absolute atomic E-state index is 0.187. The molecule has 128 valence electrons. The average molecular weight is 367 g/mol. The minimum atomic E-state index is -0.706. The molecule has 1 atom stereocenters. The van der Waals surface area contributed by atoms with Crippen LogP contribution in [0.1, 0.15) is 22.1 Å². The maximum atomic E-state index is 12.1. The molecule has 1 aromatic carbocycles. The van der Waals surface area contributed by atoms with Gasteiger partial charge in [0.1, 0.15) is 6.10 Å². The van der Waals surface area contributed by atoms with E-state index in [0.717, 1.165) is 16.0 Å². The lowest BCUT2D eigenvalue weighted by molar-refractivity contribution is -0.136. The standard InChI is InChI=1S/C17H19ClN2O3S/c1-10-5-4-6-11(2)15(10)20-17(22)16(21)19-9-12(23-3)13-7-8-14(18)24-13/h4-8,12H,9H2,1-3H3,(H,19,21)(H,20,22). The highest BCUT2D eigenvalue weighted by Gasteiger charge is 2.19. The summed E-state index contributed by atoms with van der Waals surface area (Å²) >= 11 is 7.28. The minimum Gasteiger partial charge on any atom is -0.374 e. The Bertz CT molecular complexity index is 725. The molecule has 0 bridgehead atoms. The van der Waals surface area contributed by atoms with Gasteiger partial charge in [-0.25, -0.2) is 0 Å². The van der Waals surface area contributed by atoms with E-state index in [4.69, 9.17) is 16.3 Å². The van der Waals surface area contributed by atoms with Gasteiger partial charge in [-0.05, 0) is 37.1 Å². The van der Waals surface area contributed by atoms with Gasteiger partial charge < -0.3 is 15.4 Å². The fraction of sp³-hybridized carbons (Fsp3) is 0.294. The van der Waals surface area contributed by atoms with Crippen molar-refractivity contribution in [2.75, 3.05) is 19.0 Å². The number of anilines is 1. The van der Waals surface area contributed by atoms with Crippen LogP contribution in [0.5, 0.6) is 0 Å². The van der Waals surface area contributed by atoms with Crippen LogP contribution in [-0.2, 0) is 14.3 Å². The second-order valence-corrected chi connectivity index (χ2v) is 7.04. The number of carbonyl (C=O) groups is 2. The predicted octanol–water partition coefficient (Wildman–Crippen LogP) is 3.46. The van der Waals surface area contributed by atoms with E-state index in [9.17, 15) is 9.59 Å². The Morgan fingerprint density at radius 2 is 1.83 bits per heavy atom. The van der Waals surface area contributed by atoms with E-state index in [1.165, 1.54) is 11.3 Å². The van der Waals surface area contributed by atoms with Crippen molar-refractivity contribution in [3.05, 3.63) is 50.7 Å². The molecule has 0 spiro atoms. The number of nitrogens with one attached hydrogen (secondary N) is 2. The third-order valence-electron chi connectivity index (χ3n) is 3.57. The van der Waals surface area contributed by atoms with Crippen LogP contribution in [0, 0.1) is 13.8 Å². The topological polar surface area (TPSA) is 67.4 Å². The number of carbonyl (C=O) groups excluding carboxylic acids is 2. The molecule has 0 fully saturated rings. The summed E-state index contributed by atoms with van der Waals surface area (Å²) in [5.41, 5.74) is 2.46. The molecule has 24 heavy (non-hydrogen) atoms. The highest BCUT2D eigenvalue weighted by molar-refractivity contribution is 7.16. The molecule has 0 aliphatic heterocycles. The quantitative estimate of drug-likeness (QED) is 0.796. The largest absolute Gasteiger partial charge is 0.374 e. The monoisotopic (exact) mass is 366 g/mol. The number of hydrogen-bond acceptors (Lipinski definition) is 4. The lowest BCUT2D eigenvalue weighted by atomic mass is 10.1. The van der Waals surface area contributed by atoms with E-state index in [1.807, 2.05) is 38.1 Å². The summed E-state index contributed by atoms with van der Waals surface area (Å²) < 4.78 is 5.99. The summed E-state index contributed by atoms with van der Waals surface area (Å²) in [5, 5.41) is 5.24. The summed E-state index contributed by atoms with van der Waals surface area (Å²) in [4.78, 5) is 25.0. The van der Waals surface area contributed by atoms with Crippen molar-refractivity contribution in [1.29, 1.82) is 0 Å². The molecule has 1 aromatic heterocycles. The maximum Gasteiger partial charge on any atom is 0.313 e. The Labute approximate surface area is 150 Å². The van der Waals surface area contributed by atoms with Gasteiger partial charge in [0.05, 0.1) is 4.34 Å². The highest BCUT2D eigenvalue weighted by Crippen LogP contribution is 2.28. The number of benzene rings is 1. The van der Waals surface area contributed by atoms with Crippen molar-refractivity contribution in [2.24, 2.45) is 0 Å². The molecule has 2 rings (SSSR count). The molecule has 0 saturated carbocycles. The molecular formula is C17H19ClN2O3S. The molecule has 0 saturated heterocycles. The summed E-state index contributed by atoms with van der Waals surface area (Å²) in [6.07, 6.45) is -0.348. The molecule has 2 aromatic rings. The van der Waals surface area contributed by atoms with Gasteiger partial charge >= 0.3 is 11.8 Å². The van der Waals surface area contributed by atoms with Crippen LogP contribution in [0.25, 0.3) is 0 Å². The molecule has 0 aliphatic rings. The van der Waals surface area contributed by atoms with Crippen LogP contribution < -0.4 is 10.6 Å². The summed E-state index contributed by atoms with van der Waals surface area (Å²) in [5.74, 6) is -1.41. The average Bonchev–Trinajstić information content (AvgIpc) is 2.97. The van der Waals surface area contributed by atoms with Crippen molar-refractivity contribution in [3.8, 4) is 0 Å². The van der Waals surface area contributed by atoms with Crippen LogP contribution in [0.15, 0.2) is 30.3 Å². The lowest BCUT2D eigenvalue weighted by Crippen LogP contribution is -2.38. The second-order valence-electron chi connectivity index (χ2n) is 5.30. The highest BCUT2D eigenvalue weighted by atomic mass is 35.5. The van der Waals surface area contributed by atoms with Crippen LogP contribution in [0.3, 0.4) is 0 Å². The number of rotatable bonds is 5. The first-order valence-electron chi connectivity index (χ1n) is 7.35. The molecular weight excluding hydrogens is 348 g/mol. The zero-order chi connectivity index (χ0) is 17.7. The van der Waals surface area contributed by atoms with Gasteiger partial charge in [0.2, 0.25) is 0 Å². The van der Waals surface area contributed by atoms with Crippen molar-refractivity contribution in [2.45, 2.75) is 20.0 Å². The zero-order valence-electron chi connectivity index (χ0n) is 13.7. The second kappa shape index (κ2) is 8.28. The zero-order valence-corrected chi connectivity index (χ0v) is 15.3. The van der Waals surface area contributed by atoms with E-state index in [0.29, 0.717) is 10.0 Å². The third kappa shape index (κ3) is 4.56. The number of halogens is 1. The number of hydrogen-bond donors (Lipinski definition) is 2. The van der Waals surface area contributed by atoms with Gasteiger partial charge in [-0.15, -0.1) is 11.3 Å². The Hall–Kier alpha value is -1.89. The maximum absolute atomic E-state index is 12.1. The SMILES string of the molecule is COC(CNC(=O)C(=O)Nc1c(C)cccc1C)c1ccc(Cl)s1. The molecule has 1 unspecified atom stereocenters. The lowest BCUT2D eigenvalue weighted by Gasteiger charge is -2.15. The van der Waals surface area contributed by atoms with Crippen LogP contribution in [0.4, 0.5) is 5.69 Å². The third-order valence-corrected chi connectivity index (χ3v) is 4.89. The van der Waals surface area contributed by atoms with Gasteiger partial charge in [-0.3, -0.25) is 9.59 Å². The van der Waals surface area contributed by atoms with Crippen molar-refractivity contribution in [1.82, 2.24) is 5.32 Å². The van der Waals surface area contributed by atoms with E-state index in [2.05, 4.69) is 10.6 Å².